The van der Waals surface area contributed by atoms with E-state index in [-0.39, 0.29) is 11.5 Å². The minimum absolute atomic E-state index is 0.0193. The van der Waals surface area contributed by atoms with E-state index in [4.69, 9.17) is 20.5 Å². The maximum Gasteiger partial charge on any atom is 0.236 e. The molecule has 1 heterocycles. The summed E-state index contributed by atoms with van der Waals surface area (Å²) in [6, 6.07) is 4.01. The van der Waals surface area contributed by atoms with Gasteiger partial charge in [0.25, 0.3) is 0 Å². The van der Waals surface area contributed by atoms with E-state index in [1.165, 1.54) is 7.11 Å². The van der Waals surface area contributed by atoms with Crippen molar-refractivity contribution < 1.29 is 9.47 Å². The van der Waals surface area contributed by atoms with E-state index in [9.17, 15) is 5.26 Å². The summed E-state index contributed by atoms with van der Waals surface area (Å²) in [5.41, 5.74) is 6.91. The first-order chi connectivity index (χ1) is 8.57. The van der Waals surface area contributed by atoms with Crippen molar-refractivity contribution in [3.63, 3.8) is 0 Å². The molecule has 1 saturated carbocycles. The molecule has 2 rings (SSSR count). The molecule has 0 spiro atoms. The second-order valence-electron chi connectivity index (χ2n) is 4.72. The second kappa shape index (κ2) is 4.36. The molecule has 5 heteroatoms. The lowest BCUT2D eigenvalue weighted by atomic mass is 9.77. The van der Waals surface area contributed by atoms with Crippen LogP contribution in [0.1, 0.15) is 26.2 Å². The number of nitrogens with zero attached hydrogens (tertiary/aromatic N) is 2. The number of allylic oxidation sites excluding steroid dienone is 2. The van der Waals surface area contributed by atoms with Gasteiger partial charge in [-0.25, -0.2) is 0 Å². The van der Waals surface area contributed by atoms with Crippen LogP contribution in [-0.2, 0) is 9.47 Å². The molecule has 2 atom stereocenters. The van der Waals surface area contributed by atoms with Crippen LogP contribution in [0.5, 0.6) is 0 Å². The molecular weight excluding hydrogens is 230 g/mol. The summed E-state index contributed by atoms with van der Waals surface area (Å²) in [5.74, 6) is -0.536. The standard InChI is InChI=1S/C13H15N3O2/c1-8-3-4-13(17-2)11(5-8)9(6-14)10(7-15)12(16)18-13/h8H,3-5,16H2,1-2H3/t8-,13+/m0/s1. The summed E-state index contributed by atoms with van der Waals surface area (Å²) < 4.78 is 11.1. The highest BCUT2D eigenvalue weighted by molar-refractivity contribution is 5.57. The van der Waals surface area contributed by atoms with Gasteiger partial charge in [0.05, 0.1) is 5.57 Å². The van der Waals surface area contributed by atoms with Crippen LogP contribution in [0.3, 0.4) is 0 Å². The normalized spacial score (nSPS) is 31.2. The van der Waals surface area contributed by atoms with Crippen molar-refractivity contribution in [2.24, 2.45) is 11.7 Å². The fraction of sp³-hybridized carbons (Fsp3) is 0.538. The Bertz CT molecular complexity index is 521. The average molecular weight is 245 g/mol. The van der Waals surface area contributed by atoms with Crippen LogP contribution in [0.25, 0.3) is 0 Å². The monoisotopic (exact) mass is 245 g/mol. The minimum Gasteiger partial charge on any atom is -0.442 e. The molecule has 0 unspecified atom stereocenters. The van der Waals surface area contributed by atoms with E-state index in [2.05, 4.69) is 13.0 Å². The van der Waals surface area contributed by atoms with Crippen molar-refractivity contribution in [1.29, 1.82) is 10.5 Å². The zero-order chi connectivity index (χ0) is 13.3. The predicted octanol–water partition coefficient (Wildman–Crippen LogP) is 1.69. The Hall–Kier alpha value is -1.98. The quantitative estimate of drug-likeness (QED) is 0.758. The summed E-state index contributed by atoms with van der Waals surface area (Å²) in [6.07, 6.45) is 2.27. The minimum atomic E-state index is -0.956. The van der Waals surface area contributed by atoms with E-state index in [1.807, 2.05) is 6.07 Å². The van der Waals surface area contributed by atoms with Crippen molar-refractivity contribution in [3.05, 3.63) is 22.6 Å². The Morgan fingerprint density at radius 1 is 1.39 bits per heavy atom. The fourth-order valence-electron chi connectivity index (χ4n) is 2.60. The molecular formula is C13H15N3O2. The van der Waals surface area contributed by atoms with E-state index >= 15 is 0 Å². The summed E-state index contributed by atoms with van der Waals surface area (Å²) in [4.78, 5) is 0. The Morgan fingerprint density at radius 3 is 2.61 bits per heavy atom. The molecule has 0 aromatic carbocycles. The van der Waals surface area contributed by atoms with Crippen LogP contribution in [0.4, 0.5) is 0 Å². The van der Waals surface area contributed by atoms with Crippen molar-refractivity contribution in [1.82, 2.24) is 0 Å². The number of methoxy groups -OCH3 is 1. The van der Waals surface area contributed by atoms with Gasteiger partial charge in [0, 0.05) is 19.1 Å². The SMILES string of the molecule is CO[C@@]12CC[C@H](C)CC1=C(C#N)C(C#N)=C(N)O2. The van der Waals surface area contributed by atoms with E-state index in [0.29, 0.717) is 24.3 Å². The summed E-state index contributed by atoms with van der Waals surface area (Å²) in [5, 5.41) is 18.4. The number of ether oxygens (including phenoxy) is 2. The summed E-state index contributed by atoms with van der Waals surface area (Å²) in [7, 11) is 1.54. The number of fused-ring (bicyclic) bond motifs is 1. The van der Waals surface area contributed by atoms with Crippen LogP contribution in [0.2, 0.25) is 0 Å². The molecule has 94 valence electrons. The van der Waals surface area contributed by atoms with Gasteiger partial charge in [-0.3, -0.25) is 0 Å². The lowest BCUT2D eigenvalue weighted by Gasteiger charge is -2.42. The fourth-order valence-corrected chi connectivity index (χ4v) is 2.60. The Morgan fingerprint density at radius 2 is 2.06 bits per heavy atom. The highest BCUT2D eigenvalue weighted by Crippen LogP contribution is 2.46. The first-order valence-electron chi connectivity index (χ1n) is 5.86. The first-order valence-corrected chi connectivity index (χ1v) is 5.86. The smallest absolute Gasteiger partial charge is 0.236 e. The Balaban J connectivity index is 2.62. The topological polar surface area (TPSA) is 92.1 Å². The largest absolute Gasteiger partial charge is 0.442 e. The van der Waals surface area contributed by atoms with Gasteiger partial charge >= 0.3 is 0 Å². The zero-order valence-electron chi connectivity index (χ0n) is 10.5. The average Bonchev–Trinajstić information content (AvgIpc) is 2.37. The third-order valence-electron chi connectivity index (χ3n) is 3.60. The molecule has 0 radical (unpaired) electrons. The van der Waals surface area contributed by atoms with Gasteiger partial charge in [-0.05, 0) is 18.8 Å². The first kappa shape index (κ1) is 12.5. The molecule has 0 aromatic rings. The number of nitriles is 2. The van der Waals surface area contributed by atoms with E-state index in [0.717, 1.165) is 12.0 Å². The van der Waals surface area contributed by atoms with Crippen LogP contribution in [0.15, 0.2) is 22.6 Å². The maximum absolute atomic E-state index is 9.29. The zero-order valence-corrected chi connectivity index (χ0v) is 10.5. The molecule has 0 amide bonds. The van der Waals surface area contributed by atoms with Crippen molar-refractivity contribution in [2.75, 3.05) is 7.11 Å². The van der Waals surface area contributed by atoms with Gasteiger partial charge in [0.15, 0.2) is 0 Å². The maximum atomic E-state index is 9.29. The predicted molar refractivity (Wildman–Crippen MR) is 63.3 cm³/mol. The molecule has 0 saturated heterocycles. The summed E-state index contributed by atoms with van der Waals surface area (Å²) in [6.45, 7) is 2.11. The van der Waals surface area contributed by atoms with Crippen LogP contribution in [0, 0.1) is 28.6 Å². The molecule has 5 nitrogen and oxygen atoms in total. The number of hydrogen-bond donors (Lipinski definition) is 1. The molecule has 18 heavy (non-hydrogen) atoms. The second-order valence-corrected chi connectivity index (χ2v) is 4.72. The number of nitrogens with two attached hydrogens (primary N) is 1. The highest BCUT2D eigenvalue weighted by atomic mass is 16.7. The highest BCUT2D eigenvalue weighted by Gasteiger charge is 2.47. The summed E-state index contributed by atoms with van der Waals surface area (Å²) >= 11 is 0. The lowest BCUT2D eigenvalue weighted by Crippen LogP contribution is -2.45. The Kier molecular flexibility index (Phi) is 3.02. The number of hydrogen-bond acceptors (Lipinski definition) is 5. The van der Waals surface area contributed by atoms with E-state index in [1.54, 1.807) is 0 Å². The van der Waals surface area contributed by atoms with Crippen LogP contribution < -0.4 is 5.73 Å². The molecule has 1 aliphatic heterocycles. The Labute approximate surface area is 106 Å². The lowest BCUT2D eigenvalue weighted by molar-refractivity contribution is -0.190. The molecule has 1 fully saturated rings. The molecule has 2 N–H and O–H groups in total. The third-order valence-corrected chi connectivity index (χ3v) is 3.60. The van der Waals surface area contributed by atoms with Gasteiger partial charge in [-0.2, -0.15) is 10.5 Å². The van der Waals surface area contributed by atoms with Gasteiger partial charge in [-0.1, -0.05) is 6.92 Å². The van der Waals surface area contributed by atoms with Gasteiger partial charge in [0.1, 0.15) is 17.7 Å². The van der Waals surface area contributed by atoms with Gasteiger partial charge < -0.3 is 15.2 Å². The number of rotatable bonds is 1. The molecule has 0 aromatic heterocycles. The van der Waals surface area contributed by atoms with Crippen LogP contribution in [-0.4, -0.2) is 12.9 Å². The van der Waals surface area contributed by atoms with Gasteiger partial charge in [-0.15, -0.1) is 0 Å². The van der Waals surface area contributed by atoms with Crippen molar-refractivity contribution in [2.45, 2.75) is 32.0 Å². The molecule has 0 bridgehead atoms. The third kappa shape index (κ3) is 1.64. The molecule has 2 aliphatic rings. The van der Waals surface area contributed by atoms with Gasteiger partial charge in [0.2, 0.25) is 11.7 Å². The van der Waals surface area contributed by atoms with Crippen LogP contribution >= 0.6 is 0 Å². The van der Waals surface area contributed by atoms with Crippen molar-refractivity contribution in [3.8, 4) is 12.1 Å². The molecule has 1 aliphatic carbocycles. The van der Waals surface area contributed by atoms with Crippen molar-refractivity contribution >= 4 is 0 Å². The van der Waals surface area contributed by atoms with E-state index < -0.39 is 5.79 Å².